The van der Waals surface area contributed by atoms with Gasteiger partial charge in [-0.05, 0) is 38.2 Å². The molecule has 174 valence electrons. The number of carbonyl (C=O) groups excluding carboxylic acids is 3. The molecule has 0 aliphatic carbocycles. The van der Waals surface area contributed by atoms with Crippen LogP contribution >= 0.6 is 11.8 Å². The molecule has 0 saturated carbocycles. The number of aliphatic hydroxyl groups is 2. The van der Waals surface area contributed by atoms with Gasteiger partial charge in [0.25, 0.3) is 0 Å². The summed E-state index contributed by atoms with van der Waals surface area (Å²) in [5, 5.41) is 35.7. The van der Waals surface area contributed by atoms with Crippen LogP contribution in [-0.2, 0) is 19.2 Å². The Morgan fingerprint density at radius 1 is 0.867 bits per heavy atom. The van der Waals surface area contributed by atoms with Gasteiger partial charge >= 0.3 is 5.97 Å². The van der Waals surface area contributed by atoms with E-state index >= 15 is 0 Å². The highest BCUT2D eigenvalue weighted by atomic mass is 32.2. The van der Waals surface area contributed by atoms with Gasteiger partial charge in [0.2, 0.25) is 17.7 Å². The van der Waals surface area contributed by atoms with E-state index in [-0.39, 0.29) is 6.42 Å². The third-order valence-corrected chi connectivity index (χ3v) is 5.00. The first kappa shape index (κ1) is 28.1. The van der Waals surface area contributed by atoms with Crippen LogP contribution in [0.25, 0.3) is 0 Å². The highest BCUT2D eigenvalue weighted by Crippen LogP contribution is 2.06. The van der Waals surface area contributed by atoms with Crippen molar-refractivity contribution in [2.45, 2.75) is 70.5 Å². The minimum Gasteiger partial charge on any atom is -0.480 e. The van der Waals surface area contributed by atoms with Crippen molar-refractivity contribution in [3.05, 3.63) is 0 Å². The van der Waals surface area contributed by atoms with Crippen LogP contribution in [0, 0.1) is 5.92 Å². The molecule has 30 heavy (non-hydrogen) atoms. The lowest BCUT2D eigenvalue weighted by Gasteiger charge is -2.28. The zero-order valence-electron chi connectivity index (χ0n) is 17.9. The monoisotopic (exact) mass is 450 g/mol. The van der Waals surface area contributed by atoms with Crippen LogP contribution in [-0.4, -0.2) is 87.4 Å². The maximum absolute atomic E-state index is 12.7. The first-order valence-corrected chi connectivity index (χ1v) is 11.0. The predicted octanol–water partition coefficient (Wildman–Crippen LogP) is -1.98. The molecular weight excluding hydrogens is 416 g/mol. The maximum Gasteiger partial charge on any atom is 0.326 e. The number of nitrogens with one attached hydrogen (secondary N) is 3. The molecule has 0 aromatic heterocycles. The van der Waals surface area contributed by atoms with E-state index in [1.165, 1.54) is 25.6 Å². The number of carbonyl (C=O) groups is 4. The number of hydrogen-bond donors (Lipinski definition) is 7. The number of thioether (sulfide) groups is 1. The number of rotatable bonds is 13. The van der Waals surface area contributed by atoms with Gasteiger partial charge < -0.3 is 37.0 Å². The second-order valence-electron chi connectivity index (χ2n) is 7.40. The number of carboxylic acids is 1. The van der Waals surface area contributed by atoms with Crippen molar-refractivity contribution in [1.29, 1.82) is 0 Å². The molecule has 0 aliphatic rings. The van der Waals surface area contributed by atoms with Gasteiger partial charge in [-0.1, -0.05) is 13.8 Å². The molecule has 3 amide bonds. The topological polar surface area (TPSA) is 191 Å². The number of carboxylic acid groups (broad SMARTS) is 1. The average molecular weight is 451 g/mol. The highest BCUT2D eigenvalue weighted by molar-refractivity contribution is 7.98. The molecule has 0 saturated heterocycles. The quantitative estimate of drug-likeness (QED) is 0.167. The van der Waals surface area contributed by atoms with Crippen molar-refractivity contribution < 1.29 is 34.5 Å². The summed E-state index contributed by atoms with van der Waals surface area (Å²) in [6.45, 7) is 5.91. The molecule has 0 bridgehead atoms. The number of hydrogen-bond acceptors (Lipinski definition) is 8. The van der Waals surface area contributed by atoms with Gasteiger partial charge in [-0.3, -0.25) is 14.4 Å². The minimum atomic E-state index is -1.43. The molecule has 0 heterocycles. The van der Waals surface area contributed by atoms with Crippen molar-refractivity contribution in [2.24, 2.45) is 11.7 Å². The van der Waals surface area contributed by atoms with E-state index in [4.69, 9.17) is 5.73 Å². The SMILES string of the molecule is CSCCC(NC(=O)C(NC(=O)C(NC(=O)C(N)C(C)O)C(C)C)C(C)O)C(=O)O. The molecule has 6 unspecified atom stereocenters. The van der Waals surface area contributed by atoms with Crippen molar-refractivity contribution in [1.82, 2.24) is 16.0 Å². The lowest BCUT2D eigenvalue weighted by atomic mass is 10.0. The van der Waals surface area contributed by atoms with Gasteiger partial charge in [0.1, 0.15) is 24.2 Å². The molecule has 0 aromatic rings. The van der Waals surface area contributed by atoms with Crippen LogP contribution in [0.1, 0.15) is 34.1 Å². The summed E-state index contributed by atoms with van der Waals surface area (Å²) in [6, 6.07) is -4.95. The van der Waals surface area contributed by atoms with Crippen LogP contribution in [0.4, 0.5) is 0 Å². The van der Waals surface area contributed by atoms with E-state index in [2.05, 4.69) is 16.0 Å². The summed E-state index contributed by atoms with van der Waals surface area (Å²) in [7, 11) is 0. The molecule has 0 rings (SSSR count). The average Bonchev–Trinajstić information content (AvgIpc) is 2.65. The Kier molecular flexibility index (Phi) is 12.6. The first-order chi connectivity index (χ1) is 13.8. The zero-order valence-corrected chi connectivity index (χ0v) is 18.7. The Balaban J connectivity index is 5.32. The van der Waals surface area contributed by atoms with Gasteiger partial charge in [0.05, 0.1) is 12.2 Å². The molecule has 0 aliphatic heterocycles. The second kappa shape index (κ2) is 13.4. The minimum absolute atomic E-state index is 0.171. The van der Waals surface area contributed by atoms with Crippen LogP contribution in [0.3, 0.4) is 0 Å². The van der Waals surface area contributed by atoms with E-state index in [1.54, 1.807) is 20.1 Å². The molecule has 0 radical (unpaired) electrons. The van der Waals surface area contributed by atoms with Crippen molar-refractivity contribution >= 4 is 35.5 Å². The van der Waals surface area contributed by atoms with Crippen molar-refractivity contribution in [2.75, 3.05) is 12.0 Å². The molecule has 0 aromatic carbocycles. The standard InChI is InChI=1S/C18H34N4O7S/c1-8(2)13(21-15(25)12(19)9(3)23)16(26)22-14(10(4)24)17(27)20-11(18(28)29)6-7-30-5/h8-14,23-24H,6-7,19H2,1-5H3,(H,20,27)(H,21,25)(H,22,26)(H,28,29). The van der Waals surface area contributed by atoms with E-state index in [1.807, 2.05) is 0 Å². The number of aliphatic hydroxyl groups excluding tert-OH is 2. The first-order valence-electron chi connectivity index (χ1n) is 9.58. The summed E-state index contributed by atoms with van der Waals surface area (Å²) in [4.78, 5) is 48.6. The summed E-state index contributed by atoms with van der Waals surface area (Å²) < 4.78 is 0. The lowest BCUT2D eigenvalue weighted by Crippen LogP contribution is -2.61. The molecule has 0 spiro atoms. The van der Waals surface area contributed by atoms with E-state index in [0.717, 1.165) is 0 Å². The summed E-state index contributed by atoms with van der Waals surface area (Å²) in [6.07, 6.45) is -0.494. The maximum atomic E-state index is 12.7. The Bertz CT molecular complexity index is 601. The molecule has 0 fully saturated rings. The smallest absolute Gasteiger partial charge is 0.326 e. The van der Waals surface area contributed by atoms with Gasteiger partial charge in [-0.25, -0.2) is 4.79 Å². The van der Waals surface area contributed by atoms with E-state index < -0.39 is 66.0 Å². The highest BCUT2D eigenvalue weighted by Gasteiger charge is 2.34. The predicted molar refractivity (Wildman–Crippen MR) is 113 cm³/mol. The van der Waals surface area contributed by atoms with Crippen LogP contribution in [0.15, 0.2) is 0 Å². The van der Waals surface area contributed by atoms with Gasteiger partial charge in [-0.2, -0.15) is 11.8 Å². The fourth-order valence-electron chi connectivity index (χ4n) is 2.41. The molecule has 8 N–H and O–H groups in total. The summed E-state index contributed by atoms with van der Waals surface area (Å²) >= 11 is 1.41. The number of nitrogens with two attached hydrogens (primary N) is 1. The summed E-state index contributed by atoms with van der Waals surface area (Å²) in [5.41, 5.74) is 5.57. The van der Waals surface area contributed by atoms with Crippen molar-refractivity contribution in [3.63, 3.8) is 0 Å². The van der Waals surface area contributed by atoms with Crippen LogP contribution < -0.4 is 21.7 Å². The zero-order chi connectivity index (χ0) is 23.6. The second-order valence-corrected chi connectivity index (χ2v) is 8.39. The lowest BCUT2D eigenvalue weighted by molar-refractivity contribution is -0.143. The Hall–Kier alpha value is -1.89. The largest absolute Gasteiger partial charge is 0.480 e. The summed E-state index contributed by atoms with van der Waals surface area (Å²) in [5.74, 6) is -3.50. The van der Waals surface area contributed by atoms with Gasteiger partial charge in [-0.15, -0.1) is 0 Å². The molecular formula is C18H34N4O7S. The van der Waals surface area contributed by atoms with E-state index in [9.17, 15) is 34.5 Å². The van der Waals surface area contributed by atoms with Crippen LogP contribution in [0.5, 0.6) is 0 Å². The fraction of sp³-hybridized carbons (Fsp3) is 0.778. The normalized spacial score (nSPS) is 17.2. The van der Waals surface area contributed by atoms with Gasteiger partial charge in [0.15, 0.2) is 0 Å². The fourth-order valence-corrected chi connectivity index (χ4v) is 2.88. The van der Waals surface area contributed by atoms with Crippen LogP contribution in [0.2, 0.25) is 0 Å². The van der Waals surface area contributed by atoms with Crippen molar-refractivity contribution in [3.8, 4) is 0 Å². The van der Waals surface area contributed by atoms with Gasteiger partial charge in [0, 0.05) is 0 Å². The third kappa shape index (κ3) is 9.28. The molecule has 6 atom stereocenters. The Morgan fingerprint density at radius 2 is 1.37 bits per heavy atom. The third-order valence-electron chi connectivity index (χ3n) is 4.36. The van der Waals surface area contributed by atoms with E-state index in [0.29, 0.717) is 5.75 Å². The Labute approximate surface area is 180 Å². The number of amides is 3. The molecule has 11 nitrogen and oxygen atoms in total. The molecule has 12 heteroatoms. The Morgan fingerprint density at radius 3 is 1.77 bits per heavy atom. The number of aliphatic carboxylic acids is 1.